The lowest BCUT2D eigenvalue weighted by Gasteiger charge is -2.01. The second-order valence-electron chi connectivity index (χ2n) is 3.39. The van der Waals surface area contributed by atoms with Crippen molar-refractivity contribution in [1.82, 2.24) is 9.97 Å². The summed E-state index contributed by atoms with van der Waals surface area (Å²) < 4.78 is 38.4. The van der Waals surface area contributed by atoms with Gasteiger partial charge in [-0.3, -0.25) is 4.79 Å². The average molecular weight is 240 g/mol. The van der Waals surface area contributed by atoms with Crippen molar-refractivity contribution in [3.05, 3.63) is 53.4 Å². The first-order valence-corrected chi connectivity index (χ1v) is 4.74. The molecule has 3 nitrogen and oxygen atoms in total. The van der Waals surface area contributed by atoms with Crippen molar-refractivity contribution in [3.8, 4) is 0 Å². The van der Waals surface area contributed by atoms with Crippen molar-refractivity contribution in [2.45, 2.75) is 6.42 Å². The van der Waals surface area contributed by atoms with E-state index in [1.165, 1.54) is 12.4 Å². The molecule has 2 rings (SSSR count). The van der Waals surface area contributed by atoms with Crippen molar-refractivity contribution in [2.24, 2.45) is 0 Å². The Morgan fingerprint density at radius 3 is 2.41 bits per heavy atom. The summed E-state index contributed by atoms with van der Waals surface area (Å²) in [6.07, 6.45) is 2.85. The number of halogens is 3. The number of aromatic amines is 1. The highest BCUT2D eigenvalue weighted by Crippen LogP contribution is 2.14. The Bertz CT molecular complexity index is 529. The van der Waals surface area contributed by atoms with Gasteiger partial charge in [0.05, 0.1) is 6.42 Å². The topological polar surface area (TPSA) is 45.8 Å². The molecule has 6 heteroatoms. The predicted octanol–water partition coefficient (Wildman–Crippen LogP) is 2.25. The minimum Gasteiger partial charge on any atom is -0.348 e. The highest BCUT2D eigenvalue weighted by atomic mass is 19.2. The van der Waals surface area contributed by atoms with Crippen LogP contribution in [0.1, 0.15) is 16.2 Å². The average Bonchev–Trinajstić information content (AvgIpc) is 2.77. The van der Waals surface area contributed by atoms with Gasteiger partial charge in [0.1, 0.15) is 5.82 Å². The predicted molar refractivity (Wildman–Crippen MR) is 52.9 cm³/mol. The number of hydrogen-bond acceptors (Lipinski definition) is 2. The third kappa shape index (κ3) is 2.35. The van der Waals surface area contributed by atoms with Crippen LogP contribution in [-0.2, 0) is 6.42 Å². The molecule has 0 radical (unpaired) electrons. The van der Waals surface area contributed by atoms with Gasteiger partial charge in [0.15, 0.2) is 23.2 Å². The van der Waals surface area contributed by atoms with Crippen LogP contribution in [0.4, 0.5) is 13.2 Å². The highest BCUT2D eigenvalue weighted by molar-refractivity contribution is 5.97. The number of benzene rings is 1. The molecule has 0 spiro atoms. The first-order chi connectivity index (χ1) is 8.08. The summed E-state index contributed by atoms with van der Waals surface area (Å²) in [4.78, 5) is 18.1. The van der Waals surface area contributed by atoms with Gasteiger partial charge in [0.2, 0.25) is 0 Å². The fourth-order valence-electron chi connectivity index (χ4n) is 1.37. The fourth-order valence-corrected chi connectivity index (χ4v) is 1.37. The molecule has 0 fully saturated rings. The van der Waals surface area contributed by atoms with Gasteiger partial charge in [0, 0.05) is 18.0 Å². The van der Waals surface area contributed by atoms with Gasteiger partial charge >= 0.3 is 0 Å². The SMILES string of the molecule is O=C(Cc1ncc[nH]1)c1cc(F)c(F)c(F)c1. The molecular formula is C11H7F3N2O. The zero-order valence-corrected chi connectivity index (χ0v) is 8.51. The van der Waals surface area contributed by atoms with E-state index in [2.05, 4.69) is 9.97 Å². The standard InChI is InChI=1S/C11H7F3N2O/c12-7-3-6(4-8(13)11(7)14)9(17)5-10-15-1-2-16-10/h1-4H,5H2,(H,15,16). The summed E-state index contributed by atoms with van der Waals surface area (Å²) in [5.41, 5.74) is -0.224. The molecule has 2 aromatic rings. The van der Waals surface area contributed by atoms with Crippen molar-refractivity contribution in [2.75, 3.05) is 0 Å². The van der Waals surface area contributed by atoms with Gasteiger partial charge in [-0.1, -0.05) is 0 Å². The maximum atomic E-state index is 12.9. The lowest BCUT2D eigenvalue weighted by molar-refractivity contribution is 0.0990. The number of H-pyrrole nitrogens is 1. The van der Waals surface area contributed by atoms with Gasteiger partial charge in [-0.25, -0.2) is 18.2 Å². The van der Waals surface area contributed by atoms with Crippen LogP contribution >= 0.6 is 0 Å². The number of imidazole rings is 1. The number of hydrogen-bond donors (Lipinski definition) is 1. The molecular weight excluding hydrogens is 233 g/mol. The second-order valence-corrected chi connectivity index (χ2v) is 3.39. The van der Waals surface area contributed by atoms with Gasteiger partial charge in [-0.15, -0.1) is 0 Å². The summed E-state index contributed by atoms with van der Waals surface area (Å²) in [5.74, 6) is -4.52. The molecule has 0 saturated heterocycles. The Balaban J connectivity index is 2.26. The largest absolute Gasteiger partial charge is 0.348 e. The lowest BCUT2D eigenvalue weighted by Crippen LogP contribution is -2.07. The van der Waals surface area contributed by atoms with Gasteiger partial charge in [-0.05, 0) is 12.1 Å². The van der Waals surface area contributed by atoms with E-state index < -0.39 is 23.2 Å². The third-order valence-electron chi connectivity index (χ3n) is 2.19. The summed E-state index contributed by atoms with van der Waals surface area (Å²) in [5, 5.41) is 0. The summed E-state index contributed by atoms with van der Waals surface area (Å²) >= 11 is 0. The summed E-state index contributed by atoms with van der Waals surface area (Å²) in [6.45, 7) is 0. The molecule has 0 saturated carbocycles. The number of carbonyl (C=O) groups excluding carboxylic acids is 1. The molecule has 0 amide bonds. The molecule has 0 unspecified atom stereocenters. The minimum atomic E-state index is -1.58. The van der Waals surface area contributed by atoms with Crippen molar-refractivity contribution in [1.29, 1.82) is 0 Å². The molecule has 1 aromatic carbocycles. The maximum Gasteiger partial charge on any atom is 0.194 e. The summed E-state index contributed by atoms with van der Waals surface area (Å²) in [6, 6.07) is 1.34. The van der Waals surface area contributed by atoms with Gasteiger partial charge < -0.3 is 4.98 Å². The van der Waals surface area contributed by atoms with Crippen LogP contribution in [0.15, 0.2) is 24.5 Å². The van der Waals surface area contributed by atoms with Crippen molar-refractivity contribution in [3.63, 3.8) is 0 Å². The van der Waals surface area contributed by atoms with E-state index in [-0.39, 0.29) is 12.0 Å². The molecule has 1 aromatic heterocycles. The van der Waals surface area contributed by atoms with Crippen molar-refractivity contribution >= 4 is 5.78 Å². The Hall–Kier alpha value is -2.11. The van der Waals surface area contributed by atoms with E-state index in [9.17, 15) is 18.0 Å². The van der Waals surface area contributed by atoms with Crippen LogP contribution in [0, 0.1) is 17.5 Å². The highest BCUT2D eigenvalue weighted by Gasteiger charge is 2.15. The monoisotopic (exact) mass is 240 g/mol. The number of nitrogens with zero attached hydrogens (tertiary/aromatic N) is 1. The molecule has 0 aliphatic heterocycles. The molecule has 1 N–H and O–H groups in total. The van der Waals surface area contributed by atoms with E-state index in [0.29, 0.717) is 18.0 Å². The van der Waals surface area contributed by atoms with Crippen LogP contribution in [0.5, 0.6) is 0 Å². The maximum absolute atomic E-state index is 12.9. The van der Waals surface area contributed by atoms with E-state index >= 15 is 0 Å². The van der Waals surface area contributed by atoms with Crippen LogP contribution < -0.4 is 0 Å². The lowest BCUT2D eigenvalue weighted by atomic mass is 10.1. The first kappa shape index (κ1) is 11.4. The normalized spacial score (nSPS) is 10.5. The van der Waals surface area contributed by atoms with Gasteiger partial charge in [0.25, 0.3) is 0 Å². The number of nitrogens with one attached hydrogen (secondary N) is 1. The third-order valence-corrected chi connectivity index (χ3v) is 2.19. The number of rotatable bonds is 3. The van der Waals surface area contributed by atoms with Crippen LogP contribution in [0.3, 0.4) is 0 Å². The molecule has 1 heterocycles. The van der Waals surface area contributed by atoms with Crippen LogP contribution in [-0.4, -0.2) is 15.8 Å². The Labute approximate surface area is 94.3 Å². The van der Waals surface area contributed by atoms with Gasteiger partial charge in [-0.2, -0.15) is 0 Å². The van der Waals surface area contributed by atoms with Crippen LogP contribution in [0.2, 0.25) is 0 Å². The van der Waals surface area contributed by atoms with Crippen LogP contribution in [0.25, 0.3) is 0 Å². The zero-order valence-electron chi connectivity index (χ0n) is 8.51. The quantitative estimate of drug-likeness (QED) is 0.660. The van der Waals surface area contributed by atoms with E-state index in [1.54, 1.807) is 0 Å². The number of carbonyl (C=O) groups is 1. The smallest absolute Gasteiger partial charge is 0.194 e. The second kappa shape index (κ2) is 4.40. The Kier molecular flexibility index (Phi) is 2.95. The number of ketones is 1. The number of Topliss-reactive ketones (excluding diaryl/α,β-unsaturated/α-hetero) is 1. The summed E-state index contributed by atoms with van der Waals surface area (Å²) in [7, 11) is 0. The molecule has 0 bridgehead atoms. The fraction of sp³-hybridized carbons (Fsp3) is 0.0909. The van der Waals surface area contributed by atoms with E-state index in [1.807, 2.05) is 0 Å². The zero-order chi connectivity index (χ0) is 12.4. The van der Waals surface area contributed by atoms with E-state index in [4.69, 9.17) is 0 Å². The molecule has 0 aliphatic carbocycles. The molecule has 0 atom stereocenters. The molecule has 17 heavy (non-hydrogen) atoms. The minimum absolute atomic E-state index is 0.127. The Morgan fingerprint density at radius 1 is 1.24 bits per heavy atom. The first-order valence-electron chi connectivity index (χ1n) is 4.74. The Morgan fingerprint density at radius 2 is 1.88 bits per heavy atom. The number of aromatic nitrogens is 2. The molecule has 0 aliphatic rings. The molecule has 88 valence electrons. The van der Waals surface area contributed by atoms with Crippen molar-refractivity contribution < 1.29 is 18.0 Å². The van der Waals surface area contributed by atoms with E-state index in [0.717, 1.165) is 0 Å².